The molecule has 0 radical (unpaired) electrons. The van der Waals surface area contributed by atoms with E-state index in [0.717, 1.165) is 0 Å². The van der Waals surface area contributed by atoms with Crippen molar-refractivity contribution in [1.82, 2.24) is 9.97 Å². The normalized spacial score (nSPS) is 10.2. The van der Waals surface area contributed by atoms with Gasteiger partial charge in [0.25, 0.3) is 5.56 Å². The van der Waals surface area contributed by atoms with E-state index in [1.807, 2.05) is 0 Å². The van der Waals surface area contributed by atoms with E-state index >= 15 is 0 Å². The molecule has 0 atom stereocenters. The molecule has 0 saturated carbocycles. The number of aryl methyl sites for hydroxylation is 1. The Morgan fingerprint density at radius 1 is 1.44 bits per heavy atom. The van der Waals surface area contributed by atoms with Crippen molar-refractivity contribution >= 4 is 11.9 Å². The first-order chi connectivity index (χ1) is 8.45. The molecule has 0 fully saturated rings. The number of hydrogen-bond donors (Lipinski definition) is 1. The van der Waals surface area contributed by atoms with Gasteiger partial charge in [0.05, 0.1) is 6.61 Å². The van der Waals surface area contributed by atoms with Crippen molar-refractivity contribution in [2.45, 2.75) is 26.7 Å². The quantitative estimate of drug-likeness (QED) is 0.779. The van der Waals surface area contributed by atoms with Gasteiger partial charge in [-0.05, 0) is 20.3 Å². The molecule has 0 bridgehead atoms. The van der Waals surface area contributed by atoms with Crippen LogP contribution in [0.4, 0.5) is 5.95 Å². The lowest BCUT2D eigenvalue weighted by atomic mass is 10.1. The summed E-state index contributed by atoms with van der Waals surface area (Å²) in [4.78, 5) is 31.8. The second-order valence-electron chi connectivity index (χ2n) is 4.15. The number of rotatable bonds is 5. The van der Waals surface area contributed by atoms with Gasteiger partial charge in [-0.2, -0.15) is 0 Å². The highest BCUT2D eigenvalue weighted by atomic mass is 16.5. The molecule has 0 aliphatic rings. The Morgan fingerprint density at radius 2 is 2.11 bits per heavy atom. The summed E-state index contributed by atoms with van der Waals surface area (Å²) >= 11 is 0. The summed E-state index contributed by atoms with van der Waals surface area (Å²) in [5, 5.41) is 0. The lowest BCUT2D eigenvalue weighted by molar-refractivity contribution is -0.143. The van der Waals surface area contributed by atoms with Gasteiger partial charge in [0.15, 0.2) is 0 Å². The fraction of sp³-hybridized carbons (Fsp3) is 0.583. The van der Waals surface area contributed by atoms with E-state index in [1.54, 1.807) is 32.8 Å². The minimum atomic E-state index is -0.298. The summed E-state index contributed by atoms with van der Waals surface area (Å²) in [5.74, 6) is 0.213. The van der Waals surface area contributed by atoms with Crippen molar-refractivity contribution in [1.29, 1.82) is 0 Å². The molecule has 0 amide bonds. The van der Waals surface area contributed by atoms with E-state index in [-0.39, 0.29) is 17.9 Å². The van der Waals surface area contributed by atoms with Gasteiger partial charge in [-0.3, -0.25) is 14.6 Å². The third kappa shape index (κ3) is 3.58. The van der Waals surface area contributed by atoms with Crippen molar-refractivity contribution in [3.63, 3.8) is 0 Å². The smallest absolute Gasteiger partial charge is 0.306 e. The van der Waals surface area contributed by atoms with E-state index in [4.69, 9.17) is 4.74 Å². The molecule has 1 rings (SSSR count). The number of H-pyrrole nitrogens is 1. The van der Waals surface area contributed by atoms with Crippen LogP contribution in [0.5, 0.6) is 0 Å². The van der Waals surface area contributed by atoms with E-state index in [1.165, 1.54) is 0 Å². The van der Waals surface area contributed by atoms with Crippen molar-refractivity contribution in [2.75, 3.05) is 25.6 Å². The molecular formula is C12H19N3O3. The highest BCUT2D eigenvalue weighted by molar-refractivity contribution is 5.69. The summed E-state index contributed by atoms with van der Waals surface area (Å²) in [6.45, 7) is 3.87. The molecule has 0 aliphatic carbocycles. The van der Waals surface area contributed by atoms with Gasteiger partial charge in [0.2, 0.25) is 5.95 Å². The Kier molecular flexibility index (Phi) is 4.88. The van der Waals surface area contributed by atoms with Gasteiger partial charge >= 0.3 is 5.97 Å². The summed E-state index contributed by atoms with van der Waals surface area (Å²) in [6.07, 6.45) is 0.543. The summed E-state index contributed by atoms with van der Waals surface area (Å²) in [6, 6.07) is 0. The fourth-order valence-corrected chi connectivity index (χ4v) is 1.56. The van der Waals surface area contributed by atoms with E-state index < -0.39 is 0 Å². The maximum absolute atomic E-state index is 11.9. The average molecular weight is 253 g/mol. The number of nitrogens with zero attached hydrogens (tertiary/aromatic N) is 2. The Labute approximate surface area is 106 Å². The SMILES string of the molecule is CCOC(=O)CCc1c(C)nc(N(C)C)[nH]c1=O. The number of aromatic nitrogens is 2. The van der Waals surface area contributed by atoms with Crippen molar-refractivity contribution in [2.24, 2.45) is 0 Å². The van der Waals surface area contributed by atoms with Gasteiger partial charge in [-0.25, -0.2) is 4.98 Å². The first kappa shape index (κ1) is 14.2. The first-order valence-electron chi connectivity index (χ1n) is 5.88. The van der Waals surface area contributed by atoms with E-state index in [0.29, 0.717) is 30.2 Å². The number of aromatic amines is 1. The second kappa shape index (κ2) is 6.18. The van der Waals surface area contributed by atoms with Gasteiger partial charge < -0.3 is 9.64 Å². The zero-order valence-corrected chi connectivity index (χ0v) is 11.2. The molecule has 0 aromatic carbocycles. The number of carbonyl (C=O) groups is 1. The van der Waals surface area contributed by atoms with Gasteiger partial charge in [0.1, 0.15) is 0 Å². The predicted octanol–water partition coefficient (Wildman–Crippen LogP) is 0.640. The van der Waals surface area contributed by atoms with Crippen LogP contribution in [0.25, 0.3) is 0 Å². The zero-order valence-electron chi connectivity index (χ0n) is 11.2. The van der Waals surface area contributed by atoms with Gasteiger partial charge in [0, 0.05) is 31.8 Å². The van der Waals surface area contributed by atoms with Gasteiger partial charge in [-0.1, -0.05) is 0 Å². The number of ether oxygens (including phenoxy) is 1. The highest BCUT2D eigenvalue weighted by Crippen LogP contribution is 2.07. The number of hydrogen-bond acceptors (Lipinski definition) is 5. The molecule has 18 heavy (non-hydrogen) atoms. The Morgan fingerprint density at radius 3 is 2.61 bits per heavy atom. The number of esters is 1. The number of nitrogens with one attached hydrogen (secondary N) is 1. The lowest BCUT2D eigenvalue weighted by Gasteiger charge is -2.12. The molecule has 6 nitrogen and oxygen atoms in total. The molecule has 1 N–H and O–H groups in total. The first-order valence-corrected chi connectivity index (χ1v) is 5.88. The Hall–Kier alpha value is -1.85. The highest BCUT2D eigenvalue weighted by Gasteiger charge is 2.11. The molecule has 1 aromatic rings. The third-order valence-electron chi connectivity index (χ3n) is 2.52. The second-order valence-corrected chi connectivity index (χ2v) is 4.15. The van der Waals surface area contributed by atoms with Crippen LogP contribution in [0.1, 0.15) is 24.6 Å². The Balaban J connectivity index is 2.84. The van der Waals surface area contributed by atoms with Gasteiger partial charge in [-0.15, -0.1) is 0 Å². The van der Waals surface area contributed by atoms with Crippen LogP contribution < -0.4 is 10.5 Å². The monoisotopic (exact) mass is 253 g/mol. The third-order valence-corrected chi connectivity index (χ3v) is 2.52. The average Bonchev–Trinajstić information content (AvgIpc) is 2.27. The van der Waals surface area contributed by atoms with Crippen LogP contribution in [0.15, 0.2) is 4.79 Å². The minimum absolute atomic E-state index is 0.195. The maximum atomic E-state index is 11.9. The molecule has 6 heteroatoms. The number of anilines is 1. The Bertz CT molecular complexity index is 480. The molecule has 1 aromatic heterocycles. The maximum Gasteiger partial charge on any atom is 0.306 e. The number of carbonyl (C=O) groups excluding carboxylic acids is 1. The molecule has 0 saturated heterocycles. The summed E-state index contributed by atoms with van der Waals surface area (Å²) < 4.78 is 4.83. The van der Waals surface area contributed by atoms with Crippen molar-refractivity contribution < 1.29 is 9.53 Å². The van der Waals surface area contributed by atoms with Crippen molar-refractivity contribution in [3.05, 3.63) is 21.6 Å². The topological polar surface area (TPSA) is 75.3 Å². The van der Waals surface area contributed by atoms with E-state index in [9.17, 15) is 9.59 Å². The molecule has 0 aliphatic heterocycles. The molecule has 0 unspecified atom stereocenters. The van der Waals surface area contributed by atoms with Crippen LogP contribution in [-0.4, -0.2) is 36.6 Å². The summed E-state index contributed by atoms with van der Waals surface area (Å²) in [5.41, 5.74) is 0.982. The molecule has 0 spiro atoms. The molecule has 1 heterocycles. The summed E-state index contributed by atoms with van der Waals surface area (Å²) in [7, 11) is 3.60. The van der Waals surface area contributed by atoms with Crippen LogP contribution in [0.2, 0.25) is 0 Å². The van der Waals surface area contributed by atoms with Crippen LogP contribution in [0, 0.1) is 6.92 Å². The standard InChI is InChI=1S/C12H19N3O3/c1-5-18-10(16)7-6-9-8(2)13-12(15(3)4)14-11(9)17/h5-7H2,1-4H3,(H,13,14,17). The van der Waals surface area contributed by atoms with Crippen LogP contribution in [0.3, 0.4) is 0 Å². The van der Waals surface area contributed by atoms with Crippen molar-refractivity contribution in [3.8, 4) is 0 Å². The molecular weight excluding hydrogens is 234 g/mol. The fourth-order valence-electron chi connectivity index (χ4n) is 1.56. The lowest BCUT2D eigenvalue weighted by Crippen LogP contribution is -2.23. The van der Waals surface area contributed by atoms with Crippen LogP contribution >= 0.6 is 0 Å². The minimum Gasteiger partial charge on any atom is -0.466 e. The molecule has 100 valence electrons. The largest absolute Gasteiger partial charge is 0.466 e. The predicted molar refractivity (Wildman–Crippen MR) is 68.9 cm³/mol. The van der Waals surface area contributed by atoms with E-state index in [2.05, 4.69) is 9.97 Å². The zero-order chi connectivity index (χ0) is 13.7. The van der Waals surface area contributed by atoms with Crippen LogP contribution in [-0.2, 0) is 16.0 Å².